The summed E-state index contributed by atoms with van der Waals surface area (Å²) in [4.78, 5) is 18.9. The molecule has 122 valence electrons. The van der Waals surface area contributed by atoms with E-state index in [0.717, 1.165) is 26.1 Å². The SMILES string of the molecule is C[C@H](C(=O)N1CCc2sccc2C1)N1CCC[C@@H]1c1ccsc1. The Balaban J connectivity index is 1.48. The van der Waals surface area contributed by atoms with Crippen molar-refractivity contribution in [3.63, 3.8) is 0 Å². The number of carbonyl (C=O) groups is 1. The number of amides is 1. The third-order valence-electron chi connectivity index (χ3n) is 5.20. The molecule has 0 aliphatic carbocycles. The third-order valence-corrected chi connectivity index (χ3v) is 6.92. The molecular formula is C18H22N2OS2. The molecule has 0 aromatic carbocycles. The molecule has 1 amide bonds. The van der Waals surface area contributed by atoms with Gasteiger partial charge in [-0.15, -0.1) is 11.3 Å². The van der Waals surface area contributed by atoms with Crippen LogP contribution >= 0.6 is 22.7 Å². The highest BCUT2D eigenvalue weighted by atomic mass is 32.1. The Bertz CT molecular complexity index is 679. The highest BCUT2D eigenvalue weighted by molar-refractivity contribution is 7.10. The summed E-state index contributed by atoms with van der Waals surface area (Å²) < 4.78 is 0. The summed E-state index contributed by atoms with van der Waals surface area (Å²) in [5, 5.41) is 6.52. The van der Waals surface area contributed by atoms with Crippen molar-refractivity contribution in [3.8, 4) is 0 Å². The van der Waals surface area contributed by atoms with Crippen molar-refractivity contribution in [2.45, 2.75) is 44.8 Å². The summed E-state index contributed by atoms with van der Waals surface area (Å²) in [6, 6.07) is 4.78. The molecule has 0 bridgehead atoms. The molecule has 4 heterocycles. The normalized spacial score (nSPS) is 23.0. The van der Waals surface area contributed by atoms with Gasteiger partial charge >= 0.3 is 0 Å². The Morgan fingerprint density at radius 3 is 3.04 bits per heavy atom. The first-order valence-electron chi connectivity index (χ1n) is 8.36. The van der Waals surface area contributed by atoms with Crippen LogP contribution in [0.3, 0.4) is 0 Å². The van der Waals surface area contributed by atoms with Gasteiger partial charge in [-0.1, -0.05) is 0 Å². The van der Waals surface area contributed by atoms with Crippen LogP contribution in [0.15, 0.2) is 28.3 Å². The van der Waals surface area contributed by atoms with Gasteiger partial charge in [-0.05, 0) is 72.1 Å². The van der Waals surface area contributed by atoms with Crippen LogP contribution in [0.2, 0.25) is 0 Å². The zero-order valence-electron chi connectivity index (χ0n) is 13.4. The van der Waals surface area contributed by atoms with Gasteiger partial charge in [0.2, 0.25) is 5.91 Å². The topological polar surface area (TPSA) is 23.6 Å². The fourth-order valence-electron chi connectivity index (χ4n) is 3.92. The second kappa shape index (κ2) is 6.38. The highest BCUT2D eigenvalue weighted by Crippen LogP contribution is 2.35. The number of hydrogen-bond acceptors (Lipinski definition) is 4. The standard InChI is InChI=1S/C18H22N2OS2/c1-13(20-7-2-3-16(20)15-5-9-22-12-15)18(21)19-8-4-17-14(11-19)6-10-23-17/h5-6,9-10,12-13,16H,2-4,7-8,11H2,1H3/t13-,16-/m1/s1. The van der Waals surface area contributed by atoms with E-state index in [-0.39, 0.29) is 6.04 Å². The van der Waals surface area contributed by atoms with Crippen LogP contribution in [0.4, 0.5) is 0 Å². The Kier molecular flexibility index (Phi) is 4.26. The maximum Gasteiger partial charge on any atom is 0.239 e. The van der Waals surface area contributed by atoms with Crippen LogP contribution in [0, 0.1) is 0 Å². The van der Waals surface area contributed by atoms with Gasteiger partial charge < -0.3 is 4.90 Å². The molecule has 0 spiro atoms. The first-order valence-corrected chi connectivity index (χ1v) is 10.2. The molecule has 1 fully saturated rings. The van der Waals surface area contributed by atoms with Crippen LogP contribution in [-0.2, 0) is 17.8 Å². The first kappa shape index (κ1) is 15.4. The Hall–Kier alpha value is -1.17. The second-order valence-electron chi connectivity index (χ2n) is 6.51. The minimum absolute atomic E-state index is 0.0254. The Labute approximate surface area is 145 Å². The summed E-state index contributed by atoms with van der Waals surface area (Å²) in [6.45, 7) is 4.79. The molecule has 2 aliphatic rings. The first-order chi connectivity index (χ1) is 11.2. The molecule has 3 nitrogen and oxygen atoms in total. The quantitative estimate of drug-likeness (QED) is 0.841. The smallest absolute Gasteiger partial charge is 0.239 e. The number of rotatable bonds is 3. The zero-order chi connectivity index (χ0) is 15.8. The summed E-state index contributed by atoms with van der Waals surface area (Å²) in [7, 11) is 0. The molecule has 2 aromatic heterocycles. The van der Waals surface area contributed by atoms with Gasteiger partial charge in [0.25, 0.3) is 0 Å². The fourth-order valence-corrected chi connectivity index (χ4v) is 5.51. The van der Waals surface area contributed by atoms with E-state index >= 15 is 0 Å². The van der Waals surface area contributed by atoms with Gasteiger partial charge in [0.1, 0.15) is 0 Å². The van der Waals surface area contributed by atoms with Gasteiger partial charge in [0.15, 0.2) is 0 Å². The van der Waals surface area contributed by atoms with Gasteiger partial charge in [-0.2, -0.15) is 11.3 Å². The lowest BCUT2D eigenvalue weighted by molar-refractivity contribution is -0.137. The van der Waals surface area contributed by atoms with Crippen LogP contribution in [0.25, 0.3) is 0 Å². The molecular weight excluding hydrogens is 324 g/mol. The van der Waals surface area contributed by atoms with Crippen molar-refractivity contribution >= 4 is 28.6 Å². The molecule has 0 saturated carbocycles. The number of thiophene rings is 2. The highest BCUT2D eigenvalue weighted by Gasteiger charge is 2.35. The van der Waals surface area contributed by atoms with E-state index in [1.807, 2.05) is 11.3 Å². The molecule has 0 unspecified atom stereocenters. The summed E-state index contributed by atoms with van der Waals surface area (Å²) in [5.41, 5.74) is 2.73. The van der Waals surface area contributed by atoms with E-state index in [4.69, 9.17) is 0 Å². The van der Waals surface area contributed by atoms with Crippen LogP contribution in [0.1, 0.15) is 41.8 Å². The molecule has 2 aromatic rings. The van der Waals surface area contributed by atoms with Crippen molar-refractivity contribution < 1.29 is 4.79 Å². The number of likely N-dealkylation sites (tertiary alicyclic amines) is 1. The molecule has 5 heteroatoms. The predicted molar refractivity (Wildman–Crippen MR) is 95.9 cm³/mol. The lowest BCUT2D eigenvalue weighted by Gasteiger charge is -2.35. The molecule has 1 saturated heterocycles. The third kappa shape index (κ3) is 2.86. The lowest BCUT2D eigenvalue weighted by Crippen LogP contribution is -2.48. The van der Waals surface area contributed by atoms with Gasteiger partial charge in [-0.3, -0.25) is 9.69 Å². The van der Waals surface area contributed by atoms with E-state index in [1.165, 1.54) is 28.8 Å². The average molecular weight is 347 g/mol. The lowest BCUT2D eigenvalue weighted by atomic mass is 10.1. The van der Waals surface area contributed by atoms with Gasteiger partial charge in [0, 0.05) is 24.0 Å². The van der Waals surface area contributed by atoms with Crippen LogP contribution < -0.4 is 0 Å². The zero-order valence-corrected chi connectivity index (χ0v) is 15.0. The minimum Gasteiger partial charge on any atom is -0.337 e. The Morgan fingerprint density at radius 1 is 1.30 bits per heavy atom. The molecule has 2 atom stereocenters. The van der Waals surface area contributed by atoms with E-state index < -0.39 is 0 Å². The monoisotopic (exact) mass is 346 g/mol. The summed E-state index contributed by atoms with van der Waals surface area (Å²) >= 11 is 3.57. The van der Waals surface area contributed by atoms with E-state index in [0.29, 0.717) is 11.9 Å². The second-order valence-corrected chi connectivity index (χ2v) is 8.29. The van der Waals surface area contributed by atoms with Crippen molar-refractivity contribution in [2.75, 3.05) is 13.1 Å². The van der Waals surface area contributed by atoms with E-state index in [1.54, 1.807) is 11.3 Å². The Morgan fingerprint density at radius 2 is 2.22 bits per heavy atom. The number of hydrogen-bond donors (Lipinski definition) is 0. The predicted octanol–water partition coefficient (Wildman–Crippen LogP) is 3.92. The summed E-state index contributed by atoms with van der Waals surface area (Å²) in [6.07, 6.45) is 3.37. The van der Waals surface area contributed by atoms with E-state index in [9.17, 15) is 4.79 Å². The van der Waals surface area contributed by atoms with Crippen molar-refractivity contribution in [1.82, 2.24) is 9.80 Å². The van der Waals surface area contributed by atoms with Crippen molar-refractivity contribution in [3.05, 3.63) is 44.3 Å². The molecule has 0 N–H and O–H groups in total. The minimum atomic E-state index is -0.0254. The average Bonchev–Trinajstić information content (AvgIpc) is 3.32. The fraction of sp³-hybridized carbons (Fsp3) is 0.500. The van der Waals surface area contributed by atoms with Crippen molar-refractivity contribution in [1.29, 1.82) is 0 Å². The van der Waals surface area contributed by atoms with Gasteiger partial charge in [0.05, 0.1) is 6.04 Å². The van der Waals surface area contributed by atoms with Crippen molar-refractivity contribution in [2.24, 2.45) is 0 Å². The van der Waals surface area contributed by atoms with Gasteiger partial charge in [-0.25, -0.2) is 0 Å². The number of nitrogens with zero attached hydrogens (tertiary/aromatic N) is 2. The maximum absolute atomic E-state index is 13.0. The van der Waals surface area contributed by atoms with Crippen LogP contribution in [-0.4, -0.2) is 34.8 Å². The van der Waals surface area contributed by atoms with Crippen LogP contribution in [0.5, 0.6) is 0 Å². The number of carbonyl (C=O) groups excluding carboxylic acids is 1. The maximum atomic E-state index is 13.0. The molecule has 0 radical (unpaired) electrons. The molecule has 2 aliphatic heterocycles. The molecule has 23 heavy (non-hydrogen) atoms. The summed E-state index contributed by atoms with van der Waals surface area (Å²) in [5.74, 6) is 0.295. The number of fused-ring (bicyclic) bond motifs is 1. The molecule has 4 rings (SSSR count). The largest absolute Gasteiger partial charge is 0.337 e. The van der Waals surface area contributed by atoms with E-state index in [2.05, 4.69) is 45.0 Å².